The van der Waals surface area contributed by atoms with Gasteiger partial charge >= 0.3 is 0 Å². The van der Waals surface area contributed by atoms with E-state index in [0.717, 1.165) is 22.3 Å². The predicted octanol–water partition coefficient (Wildman–Crippen LogP) is 2.46. The van der Waals surface area contributed by atoms with E-state index in [0.29, 0.717) is 13.1 Å². The van der Waals surface area contributed by atoms with Crippen LogP contribution in [0.25, 0.3) is 12.2 Å². The van der Waals surface area contributed by atoms with Gasteiger partial charge in [0.15, 0.2) is 5.78 Å². The third-order valence-electron chi connectivity index (χ3n) is 3.56. The van der Waals surface area contributed by atoms with Crippen LogP contribution in [-0.2, 0) is 4.79 Å². The molecule has 0 N–H and O–H groups in total. The van der Waals surface area contributed by atoms with Crippen molar-refractivity contribution in [3.63, 3.8) is 0 Å². The van der Waals surface area contributed by atoms with E-state index in [1.807, 2.05) is 43.5 Å². The first-order chi connectivity index (χ1) is 10.7. The van der Waals surface area contributed by atoms with Crippen molar-refractivity contribution in [3.05, 3.63) is 71.3 Å². The van der Waals surface area contributed by atoms with Crippen molar-refractivity contribution < 1.29 is 4.79 Å². The Bertz CT molecular complexity index is 659. The lowest BCUT2D eigenvalue weighted by Gasteiger charge is -2.26. The summed E-state index contributed by atoms with van der Waals surface area (Å²) in [4.78, 5) is 22.8. The molecule has 0 amide bonds. The van der Waals surface area contributed by atoms with E-state index in [9.17, 15) is 4.79 Å². The Morgan fingerprint density at radius 2 is 1.27 bits per heavy atom. The quantitative estimate of drug-likeness (QED) is 0.797. The van der Waals surface area contributed by atoms with Crippen LogP contribution in [0.2, 0.25) is 0 Å². The Labute approximate surface area is 129 Å². The van der Waals surface area contributed by atoms with E-state index >= 15 is 0 Å². The Balaban J connectivity index is 1.92. The number of piperidine rings is 1. The van der Waals surface area contributed by atoms with Crippen molar-refractivity contribution in [2.75, 3.05) is 20.1 Å². The number of likely N-dealkylation sites (tertiary alicyclic amines) is 1. The van der Waals surface area contributed by atoms with Gasteiger partial charge in [-0.2, -0.15) is 0 Å². The number of carbonyl (C=O) groups excluding carboxylic acids is 1. The van der Waals surface area contributed by atoms with Crippen LogP contribution < -0.4 is 0 Å². The molecule has 2 aromatic heterocycles. The zero-order chi connectivity index (χ0) is 15.4. The lowest BCUT2D eigenvalue weighted by atomic mass is 9.95. The summed E-state index contributed by atoms with van der Waals surface area (Å²) in [7, 11) is 2.02. The fourth-order valence-corrected chi connectivity index (χ4v) is 2.53. The fraction of sp³-hybridized carbons (Fsp3) is 0.167. The minimum atomic E-state index is 0.117. The monoisotopic (exact) mass is 291 g/mol. The first-order valence-electron chi connectivity index (χ1n) is 7.17. The molecule has 0 aromatic carbocycles. The Morgan fingerprint density at radius 3 is 1.68 bits per heavy atom. The average Bonchev–Trinajstić information content (AvgIpc) is 2.54. The van der Waals surface area contributed by atoms with Gasteiger partial charge in [0.1, 0.15) is 0 Å². The SMILES string of the molecule is CN1C/C(=C/c2ccncc2)C(=O)/C(=C/c2ccncc2)C1. The van der Waals surface area contributed by atoms with Crippen LogP contribution in [0.4, 0.5) is 0 Å². The Morgan fingerprint density at radius 1 is 0.864 bits per heavy atom. The molecule has 4 nitrogen and oxygen atoms in total. The molecule has 1 saturated heterocycles. The highest BCUT2D eigenvalue weighted by atomic mass is 16.1. The van der Waals surface area contributed by atoms with Crippen molar-refractivity contribution in [1.82, 2.24) is 14.9 Å². The number of carbonyl (C=O) groups is 1. The smallest absolute Gasteiger partial charge is 0.187 e. The minimum Gasteiger partial charge on any atom is -0.298 e. The topological polar surface area (TPSA) is 46.1 Å². The van der Waals surface area contributed by atoms with Gasteiger partial charge in [-0.1, -0.05) is 0 Å². The molecule has 1 fully saturated rings. The molecule has 3 rings (SSSR count). The molecule has 2 aromatic rings. The highest BCUT2D eigenvalue weighted by Crippen LogP contribution is 2.20. The van der Waals surface area contributed by atoms with Gasteiger partial charge in [-0.3, -0.25) is 19.7 Å². The number of aromatic nitrogens is 2. The molecule has 0 bridgehead atoms. The van der Waals surface area contributed by atoms with E-state index < -0.39 is 0 Å². The number of nitrogens with zero attached hydrogens (tertiary/aromatic N) is 3. The summed E-state index contributed by atoms with van der Waals surface area (Å²) in [5.74, 6) is 0.117. The van der Waals surface area contributed by atoms with Crippen LogP contribution in [-0.4, -0.2) is 40.8 Å². The number of hydrogen-bond donors (Lipinski definition) is 0. The maximum Gasteiger partial charge on any atom is 0.187 e. The molecule has 110 valence electrons. The highest BCUT2D eigenvalue weighted by molar-refractivity contribution is 6.14. The summed E-state index contributed by atoms with van der Waals surface area (Å²) in [6.45, 7) is 1.32. The molecule has 0 atom stereocenters. The third-order valence-corrected chi connectivity index (χ3v) is 3.56. The van der Waals surface area contributed by atoms with Crippen molar-refractivity contribution in [2.45, 2.75) is 0 Å². The number of hydrogen-bond acceptors (Lipinski definition) is 4. The molecule has 1 aliphatic rings. The standard InChI is InChI=1S/C18H17N3O/c1-21-12-16(10-14-2-6-19-7-3-14)18(22)17(13-21)11-15-4-8-20-9-5-15/h2-11H,12-13H2,1H3/b16-10-,17-11+. The third kappa shape index (κ3) is 3.35. The van der Waals surface area contributed by atoms with E-state index in [4.69, 9.17) is 0 Å². The summed E-state index contributed by atoms with van der Waals surface area (Å²) in [6.07, 6.45) is 10.8. The minimum absolute atomic E-state index is 0.117. The second kappa shape index (κ2) is 6.45. The summed E-state index contributed by atoms with van der Waals surface area (Å²) >= 11 is 0. The van der Waals surface area contributed by atoms with Gasteiger partial charge < -0.3 is 0 Å². The van der Waals surface area contributed by atoms with E-state index in [2.05, 4.69) is 14.9 Å². The normalized spacial score (nSPS) is 19.8. The number of pyridine rings is 2. The molecule has 0 radical (unpaired) electrons. The summed E-state index contributed by atoms with van der Waals surface area (Å²) in [5, 5.41) is 0. The lowest BCUT2D eigenvalue weighted by molar-refractivity contribution is -0.113. The molecule has 3 heterocycles. The predicted molar refractivity (Wildman–Crippen MR) is 86.9 cm³/mol. The molecule has 22 heavy (non-hydrogen) atoms. The zero-order valence-electron chi connectivity index (χ0n) is 12.4. The fourth-order valence-electron chi connectivity index (χ4n) is 2.53. The van der Waals surface area contributed by atoms with Crippen molar-refractivity contribution in [3.8, 4) is 0 Å². The maximum atomic E-state index is 12.7. The summed E-state index contributed by atoms with van der Waals surface area (Å²) in [5.41, 5.74) is 3.61. The largest absolute Gasteiger partial charge is 0.298 e. The molecule has 1 aliphatic heterocycles. The van der Waals surface area contributed by atoms with Gasteiger partial charge in [0.25, 0.3) is 0 Å². The second-order valence-corrected chi connectivity index (χ2v) is 5.40. The van der Waals surface area contributed by atoms with Gasteiger partial charge in [0.05, 0.1) is 0 Å². The molecular formula is C18H17N3O. The van der Waals surface area contributed by atoms with Crippen LogP contribution in [0.3, 0.4) is 0 Å². The van der Waals surface area contributed by atoms with Crippen molar-refractivity contribution >= 4 is 17.9 Å². The number of Topliss-reactive ketones (excluding diaryl/α,β-unsaturated/α-hetero) is 1. The van der Waals surface area contributed by atoms with Crippen molar-refractivity contribution in [2.24, 2.45) is 0 Å². The molecule has 0 aliphatic carbocycles. The summed E-state index contributed by atoms with van der Waals surface area (Å²) in [6, 6.07) is 7.62. The Kier molecular flexibility index (Phi) is 4.21. The zero-order valence-corrected chi connectivity index (χ0v) is 12.4. The summed E-state index contributed by atoms with van der Waals surface area (Å²) < 4.78 is 0. The van der Waals surface area contributed by atoms with Gasteiger partial charge in [-0.25, -0.2) is 0 Å². The van der Waals surface area contributed by atoms with E-state index in [-0.39, 0.29) is 5.78 Å². The van der Waals surface area contributed by atoms with Crippen LogP contribution in [0.15, 0.2) is 60.2 Å². The number of likely N-dealkylation sites (N-methyl/N-ethyl adjacent to an activating group) is 1. The molecule has 4 heteroatoms. The first-order valence-corrected chi connectivity index (χ1v) is 7.17. The van der Waals surface area contributed by atoms with E-state index in [1.54, 1.807) is 24.8 Å². The van der Waals surface area contributed by atoms with Gasteiger partial charge in [0.2, 0.25) is 0 Å². The van der Waals surface area contributed by atoms with Crippen LogP contribution in [0, 0.1) is 0 Å². The molecule has 0 unspecified atom stereocenters. The van der Waals surface area contributed by atoms with Gasteiger partial charge in [-0.05, 0) is 54.6 Å². The molecule has 0 saturated carbocycles. The first kappa shape index (κ1) is 14.4. The van der Waals surface area contributed by atoms with Crippen LogP contribution in [0.1, 0.15) is 11.1 Å². The number of ketones is 1. The van der Waals surface area contributed by atoms with E-state index in [1.165, 1.54) is 0 Å². The lowest BCUT2D eigenvalue weighted by Crippen LogP contribution is -2.34. The average molecular weight is 291 g/mol. The van der Waals surface area contributed by atoms with Gasteiger partial charge in [-0.15, -0.1) is 0 Å². The number of rotatable bonds is 2. The molecular weight excluding hydrogens is 274 g/mol. The highest BCUT2D eigenvalue weighted by Gasteiger charge is 2.23. The van der Waals surface area contributed by atoms with Crippen molar-refractivity contribution in [1.29, 1.82) is 0 Å². The van der Waals surface area contributed by atoms with Gasteiger partial charge in [0, 0.05) is 49.0 Å². The maximum absolute atomic E-state index is 12.7. The second-order valence-electron chi connectivity index (χ2n) is 5.40. The van der Waals surface area contributed by atoms with Crippen LogP contribution in [0.5, 0.6) is 0 Å². The van der Waals surface area contributed by atoms with Crippen LogP contribution >= 0.6 is 0 Å². The Hall–Kier alpha value is -2.59. The molecule has 0 spiro atoms.